The standard InChI is InChI=1S/C11H12BrNS/c1-6(2)11-13-9-5-7(3)4-8(12)10(9)14-11/h4-6H,1-3H3. The van der Waals surface area contributed by atoms with Crippen molar-refractivity contribution in [3.05, 3.63) is 27.2 Å². The zero-order valence-electron chi connectivity index (χ0n) is 8.47. The molecule has 0 spiro atoms. The maximum Gasteiger partial charge on any atom is 0.0964 e. The third kappa shape index (κ3) is 1.71. The van der Waals surface area contributed by atoms with Crippen LogP contribution in [0.4, 0.5) is 0 Å². The van der Waals surface area contributed by atoms with E-state index in [0.717, 1.165) is 9.99 Å². The molecule has 3 heteroatoms. The fourth-order valence-electron chi connectivity index (χ4n) is 1.39. The first-order valence-corrected chi connectivity index (χ1v) is 6.25. The second kappa shape index (κ2) is 3.63. The van der Waals surface area contributed by atoms with Crippen LogP contribution in [0.25, 0.3) is 10.2 Å². The van der Waals surface area contributed by atoms with Crippen LogP contribution >= 0.6 is 27.3 Å². The number of thiazole rings is 1. The summed E-state index contributed by atoms with van der Waals surface area (Å²) in [6.45, 7) is 6.45. The van der Waals surface area contributed by atoms with E-state index >= 15 is 0 Å². The third-order valence-corrected chi connectivity index (χ3v) is 4.39. The average molecular weight is 270 g/mol. The zero-order valence-corrected chi connectivity index (χ0v) is 10.9. The fourth-order valence-corrected chi connectivity index (χ4v) is 3.15. The van der Waals surface area contributed by atoms with Gasteiger partial charge in [0, 0.05) is 10.4 Å². The van der Waals surface area contributed by atoms with Gasteiger partial charge in [0.1, 0.15) is 0 Å². The molecular weight excluding hydrogens is 258 g/mol. The van der Waals surface area contributed by atoms with Gasteiger partial charge in [-0.3, -0.25) is 0 Å². The highest BCUT2D eigenvalue weighted by molar-refractivity contribution is 9.10. The molecule has 2 aromatic rings. The highest BCUT2D eigenvalue weighted by atomic mass is 79.9. The summed E-state index contributed by atoms with van der Waals surface area (Å²) in [7, 11) is 0. The van der Waals surface area contributed by atoms with Gasteiger partial charge in [-0.25, -0.2) is 4.98 Å². The molecule has 0 aliphatic rings. The smallest absolute Gasteiger partial charge is 0.0964 e. The van der Waals surface area contributed by atoms with E-state index in [4.69, 9.17) is 0 Å². The molecule has 1 nitrogen and oxygen atoms in total. The maximum atomic E-state index is 4.62. The van der Waals surface area contributed by atoms with Crippen molar-refractivity contribution in [2.24, 2.45) is 0 Å². The van der Waals surface area contributed by atoms with Gasteiger partial charge in [0.15, 0.2) is 0 Å². The monoisotopic (exact) mass is 269 g/mol. The summed E-state index contributed by atoms with van der Waals surface area (Å²) >= 11 is 5.36. The molecule has 74 valence electrons. The molecule has 0 N–H and O–H groups in total. The van der Waals surface area contributed by atoms with Gasteiger partial charge in [0.05, 0.1) is 15.2 Å². The predicted molar refractivity (Wildman–Crippen MR) is 66.1 cm³/mol. The summed E-state index contributed by atoms with van der Waals surface area (Å²) in [6.07, 6.45) is 0. The topological polar surface area (TPSA) is 12.9 Å². The molecule has 0 atom stereocenters. The SMILES string of the molecule is Cc1cc(Br)c2sc(C(C)C)nc2c1. The molecule has 0 saturated heterocycles. The van der Waals surface area contributed by atoms with E-state index in [1.54, 1.807) is 11.3 Å². The summed E-state index contributed by atoms with van der Waals surface area (Å²) in [5.41, 5.74) is 2.37. The number of benzene rings is 1. The lowest BCUT2D eigenvalue weighted by Crippen LogP contribution is -1.83. The van der Waals surface area contributed by atoms with Crippen LogP contribution < -0.4 is 0 Å². The van der Waals surface area contributed by atoms with Gasteiger partial charge in [-0.15, -0.1) is 11.3 Å². The highest BCUT2D eigenvalue weighted by Gasteiger charge is 2.09. The summed E-state index contributed by atoms with van der Waals surface area (Å²) in [5.74, 6) is 0.514. The largest absolute Gasteiger partial charge is 0.241 e. The first-order valence-electron chi connectivity index (χ1n) is 4.64. The molecule has 1 heterocycles. The number of aromatic nitrogens is 1. The summed E-state index contributed by atoms with van der Waals surface area (Å²) in [4.78, 5) is 4.62. The first-order chi connectivity index (χ1) is 6.58. The average Bonchev–Trinajstić information content (AvgIpc) is 2.47. The second-order valence-electron chi connectivity index (χ2n) is 3.80. The Kier molecular flexibility index (Phi) is 2.62. The van der Waals surface area contributed by atoms with E-state index in [0.29, 0.717) is 5.92 Å². The minimum absolute atomic E-state index is 0.514. The molecule has 1 aromatic carbocycles. The van der Waals surface area contributed by atoms with Crippen molar-refractivity contribution in [2.45, 2.75) is 26.7 Å². The van der Waals surface area contributed by atoms with Crippen LogP contribution in [0.3, 0.4) is 0 Å². The lowest BCUT2D eigenvalue weighted by molar-refractivity contribution is 0.857. The van der Waals surface area contributed by atoms with E-state index < -0.39 is 0 Å². The van der Waals surface area contributed by atoms with Gasteiger partial charge in [-0.2, -0.15) is 0 Å². The van der Waals surface area contributed by atoms with Gasteiger partial charge < -0.3 is 0 Å². The molecule has 0 bridgehead atoms. The van der Waals surface area contributed by atoms with Gasteiger partial charge in [0.25, 0.3) is 0 Å². The van der Waals surface area contributed by atoms with Gasteiger partial charge in [0.2, 0.25) is 0 Å². The van der Waals surface area contributed by atoms with Crippen molar-refractivity contribution in [3.63, 3.8) is 0 Å². The molecule has 0 aliphatic carbocycles. The Hall–Kier alpha value is -0.410. The van der Waals surface area contributed by atoms with E-state index in [2.05, 4.69) is 53.8 Å². The van der Waals surface area contributed by atoms with E-state index in [1.165, 1.54) is 15.3 Å². The lowest BCUT2D eigenvalue weighted by atomic mass is 10.2. The number of hydrogen-bond donors (Lipinski definition) is 0. The van der Waals surface area contributed by atoms with Gasteiger partial charge in [-0.1, -0.05) is 13.8 Å². The van der Waals surface area contributed by atoms with Crippen molar-refractivity contribution in [1.29, 1.82) is 0 Å². The number of aryl methyl sites for hydroxylation is 1. The molecule has 0 fully saturated rings. The van der Waals surface area contributed by atoms with Gasteiger partial charge in [-0.05, 0) is 40.5 Å². The van der Waals surface area contributed by atoms with E-state index in [1.807, 2.05) is 0 Å². The quantitative estimate of drug-likeness (QED) is 0.744. The van der Waals surface area contributed by atoms with Crippen LogP contribution in [0.2, 0.25) is 0 Å². The summed E-state index contributed by atoms with van der Waals surface area (Å²) in [5, 5.41) is 1.21. The Balaban J connectivity index is 2.70. The number of rotatable bonds is 1. The Labute approximate surface area is 96.3 Å². The molecule has 1 aromatic heterocycles. The van der Waals surface area contributed by atoms with Crippen molar-refractivity contribution in [2.75, 3.05) is 0 Å². The molecular formula is C11H12BrNS. The fraction of sp³-hybridized carbons (Fsp3) is 0.364. The third-order valence-electron chi connectivity index (χ3n) is 2.10. The summed E-state index contributed by atoms with van der Waals surface area (Å²) in [6, 6.07) is 4.28. The number of hydrogen-bond acceptors (Lipinski definition) is 2. The van der Waals surface area contributed by atoms with Crippen molar-refractivity contribution < 1.29 is 0 Å². The zero-order chi connectivity index (χ0) is 10.3. The summed E-state index contributed by atoms with van der Waals surface area (Å²) < 4.78 is 2.43. The molecule has 2 rings (SSSR count). The normalized spacial score (nSPS) is 11.5. The van der Waals surface area contributed by atoms with Crippen LogP contribution in [0.5, 0.6) is 0 Å². The molecule has 0 aliphatic heterocycles. The minimum atomic E-state index is 0.514. The van der Waals surface area contributed by atoms with Crippen molar-refractivity contribution in [1.82, 2.24) is 4.98 Å². The Morgan fingerprint density at radius 2 is 2.07 bits per heavy atom. The van der Waals surface area contributed by atoms with Crippen molar-refractivity contribution >= 4 is 37.5 Å². The van der Waals surface area contributed by atoms with Crippen LogP contribution in [-0.2, 0) is 0 Å². The van der Waals surface area contributed by atoms with Crippen LogP contribution in [0, 0.1) is 6.92 Å². The second-order valence-corrected chi connectivity index (χ2v) is 5.69. The molecule has 0 amide bonds. The van der Waals surface area contributed by atoms with Crippen LogP contribution in [0.15, 0.2) is 16.6 Å². The van der Waals surface area contributed by atoms with Gasteiger partial charge >= 0.3 is 0 Å². The lowest BCUT2D eigenvalue weighted by Gasteiger charge is -1.94. The van der Waals surface area contributed by atoms with E-state index in [9.17, 15) is 0 Å². The van der Waals surface area contributed by atoms with Crippen molar-refractivity contribution in [3.8, 4) is 0 Å². The maximum absolute atomic E-state index is 4.62. The van der Waals surface area contributed by atoms with E-state index in [-0.39, 0.29) is 0 Å². The molecule has 14 heavy (non-hydrogen) atoms. The Bertz CT molecular complexity index is 473. The molecule has 0 radical (unpaired) electrons. The minimum Gasteiger partial charge on any atom is -0.241 e. The number of halogens is 1. The Morgan fingerprint density at radius 1 is 1.36 bits per heavy atom. The van der Waals surface area contributed by atoms with Crippen LogP contribution in [0.1, 0.15) is 30.3 Å². The predicted octanol–water partition coefficient (Wildman–Crippen LogP) is 4.49. The van der Waals surface area contributed by atoms with Crippen LogP contribution in [-0.4, -0.2) is 4.98 Å². The molecule has 0 unspecified atom stereocenters. The number of nitrogens with zero attached hydrogens (tertiary/aromatic N) is 1. The Morgan fingerprint density at radius 3 is 2.71 bits per heavy atom. The molecule has 0 saturated carbocycles. The number of fused-ring (bicyclic) bond motifs is 1. The first kappa shape index (κ1) is 10.1. The highest BCUT2D eigenvalue weighted by Crippen LogP contribution is 2.33.